The highest BCUT2D eigenvalue weighted by Gasteiger charge is 2.23. The minimum atomic E-state index is -3.07. The molecule has 0 aromatic rings. The predicted octanol–water partition coefficient (Wildman–Crippen LogP) is 1.22. The van der Waals surface area contributed by atoms with Crippen molar-refractivity contribution in [3.05, 3.63) is 0 Å². The van der Waals surface area contributed by atoms with Gasteiger partial charge in [0.05, 0.1) is 11.8 Å². The number of sulfone groups is 1. The third-order valence-electron chi connectivity index (χ3n) is 4.11. The van der Waals surface area contributed by atoms with Crippen LogP contribution in [0.1, 0.15) is 51.9 Å². The maximum absolute atomic E-state index is 12.0. The Morgan fingerprint density at radius 1 is 1.25 bits per heavy atom. The molecule has 1 fully saturated rings. The lowest BCUT2D eigenvalue weighted by Gasteiger charge is -2.25. The Hall–Kier alpha value is -0.620. The molecular formula is C14H28N2O3S. The lowest BCUT2D eigenvalue weighted by atomic mass is 9.93. The number of carbonyl (C=O) groups is 1. The highest BCUT2D eigenvalue weighted by molar-refractivity contribution is 7.90. The third-order valence-corrected chi connectivity index (χ3v) is 5.09. The Balaban J connectivity index is 2.39. The number of carbonyl (C=O) groups excluding carboxylic acids is 1. The summed E-state index contributed by atoms with van der Waals surface area (Å²) in [5.74, 6) is 0.244. The molecule has 0 aromatic carbocycles. The van der Waals surface area contributed by atoms with Gasteiger partial charge in [-0.3, -0.25) is 4.79 Å². The third kappa shape index (κ3) is 6.70. The molecule has 0 aromatic heterocycles. The molecular weight excluding hydrogens is 276 g/mol. The Morgan fingerprint density at radius 3 is 2.30 bits per heavy atom. The number of hydrogen-bond donors (Lipinski definition) is 2. The molecule has 0 radical (unpaired) electrons. The second kappa shape index (κ2) is 7.98. The van der Waals surface area contributed by atoms with Crippen LogP contribution in [0.4, 0.5) is 0 Å². The van der Waals surface area contributed by atoms with Crippen molar-refractivity contribution in [2.24, 2.45) is 11.7 Å². The monoisotopic (exact) mass is 304 g/mol. The van der Waals surface area contributed by atoms with Gasteiger partial charge in [0.25, 0.3) is 0 Å². The van der Waals surface area contributed by atoms with Gasteiger partial charge in [0.2, 0.25) is 5.91 Å². The molecule has 1 unspecified atom stereocenters. The summed E-state index contributed by atoms with van der Waals surface area (Å²) in [5.41, 5.74) is 5.76. The molecule has 3 N–H and O–H groups in total. The highest BCUT2D eigenvalue weighted by atomic mass is 32.2. The van der Waals surface area contributed by atoms with E-state index in [-0.39, 0.29) is 24.1 Å². The van der Waals surface area contributed by atoms with Crippen LogP contribution in [0.15, 0.2) is 0 Å². The van der Waals surface area contributed by atoms with Gasteiger partial charge in [-0.1, -0.05) is 25.7 Å². The Labute approximate surface area is 122 Å². The molecule has 2 atom stereocenters. The molecule has 1 amide bonds. The standard InChI is InChI=1S/C14H28N2O3S/c1-11(12-7-5-3-4-6-8-12)16-14(17)13(15)9-10-20(2,18)19/h11-13H,3-10,15H2,1-2H3,(H,16,17)/t11-,13?/m1/s1. The molecule has 20 heavy (non-hydrogen) atoms. The average molecular weight is 304 g/mol. The van der Waals surface area contributed by atoms with Crippen LogP contribution in [0.25, 0.3) is 0 Å². The van der Waals surface area contributed by atoms with E-state index in [0.717, 1.165) is 19.1 Å². The maximum Gasteiger partial charge on any atom is 0.237 e. The van der Waals surface area contributed by atoms with E-state index in [0.29, 0.717) is 5.92 Å². The molecule has 1 rings (SSSR count). The van der Waals surface area contributed by atoms with Gasteiger partial charge >= 0.3 is 0 Å². The Bertz CT molecular complexity index is 401. The SMILES string of the molecule is C[C@@H](NC(=O)C(N)CCS(C)(=O)=O)C1CCCCCC1. The molecule has 1 aliphatic rings. The summed E-state index contributed by atoms with van der Waals surface area (Å²) in [6, 6.07) is -0.622. The Kier molecular flexibility index (Phi) is 6.95. The van der Waals surface area contributed by atoms with E-state index in [1.807, 2.05) is 6.92 Å². The number of hydrogen-bond acceptors (Lipinski definition) is 4. The smallest absolute Gasteiger partial charge is 0.237 e. The average Bonchev–Trinajstić information content (AvgIpc) is 2.63. The van der Waals surface area contributed by atoms with Crippen molar-refractivity contribution in [2.75, 3.05) is 12.0 Å². The lowest BCUT2D eigenvalue weighted by Crippen LogP contribution is -2.47. The fraction of sp³-hybridized carbons (Fsp3) is 0.929. The Morgan fingerprint density at radius 2 is 1.80 bits per heavy atom. The second-order valence-electron chi connectivity index (χ2n) is 6.07. The molecule has 0 saturated heterocycles. The van der Waals surface area contributed by atoms with E-state index in [2.05, 4.69) is 5.32 Å². The minimum Gasteiger partial charge on any atom is -0.352 e. The molecule has 1 saturated carbocycles. The van der Waals surface area contributed by atoms with Crippen LogP contribution in [0.5, 0.6) is 0 Å². The quantitative estimate of drug-likeness (QED) is 0.722. The molecule has 0 aliphatic heterocycles. The van der Waals surface area contributed by atoms with Gasteiger partial charge in [0.1, 0.15) is 9.84 Å². The molecule has 0 spiro atoms. The van der Waals surface area contributed by atoms with E-state index in [1.54, 1.807) is 0 Å². The topological polar surface area (TPSA) is 89.3 Å². The molecule has 0 bridgehead atoms. The zero-order chi connectivity index (χ0) is 15.2. The van der Waals surface area contributed by atoms with Gasteiger partial charge in [0.15, 0.2) is 0 Å². The number of amides is 1. The van der Waals surface area contributed by atoms with Gasteiger partial charge in [-0.15, -0.1) is 0 Å². The summed E-state index contributed by atoms with van der Waals surface area (Å²) in [6.07, 6.45) is 8.67. The zero-order valence-corrected chi connectivity index (χ0v) is 13.4. The summed E-state index contributed by atoms with van der Waals surface area (Å²) in [4.78, 5) is 12.0. The fourth-order valence-electron chi connectivity index (χ4n) is 2.73. The van der Waals surface area contributed by atoms with Crippen LogP contribution in [0.2, 0.25) is 0 Å². The van der Waals surface area contributed by atoms with Gasteiger partial charge in [-0.2, -0.15) is 0 Å². The normalized spacial score (nSPS) is 20.9. The van der Waals surface area contributed by atoms with Crippen molar-refractivity contribution in [2.45, 2.75) is 64.0 Å². The first-order valence-corrected chi connectivity index (χ1v) is 9.59. The number of rotatable bonds is 6. The van der Waals surface area contributed by atoms with Crippen molar-refractivity contribution < 1.29 is 13.2 Å². The van der Waals surface area contributed by atoms with E-state index in [9.17, 15) is 13.2 Å². The van der Waals surface area contributed by atoms with Crippen LogP contribution in [-0.2, 0) is 14.6 Å². The van der Waals surface area contributed by atoms with Crippen LogP contribution in [0, 0.1) is 5.92 Å². The van der Waals surface area contributed by atoms with Crippen LogP contribution in [-0.4, -0.2) is 38.4 Å². The van der Waals surface area contributed by atoms with Crippen molar-refractivity contribution >= 4 is 15.7 Å². The minimum absolute atomic E-state index is 0.0423. The molecule has 0 heterocycles. The predicted molar refractivity (Wildman–Crippen MR) is 81.1 cm³/mol. The van der Waals surface area contributed by atoms with E-state index in [4.69, 9.17) is 5.73 Å². The summed E-state index contributed by atoms with van der Waals surface area (Å²) in [7, 11) is -3.07. The highest BCUT2D eigenvalue weighted by Crippen LogP contribution is 2.25. The van der Waals surface area contributed by atoms with Gasteiger partial charge < -0.3 is 11.1 Å². The molecule has 6 heteroatoms. The van der Waals surface area contributed by atoms with E-state index < -0.39 is 15.9 Å². The van der Waals surface area contributed by atoms with Crippen LogP contribution < -0.4 is 11.1 Å². The first kappa shape index (κ1) is 17.4. The first-order chi connectivity index (χ1) is 9.29. The summed E-state index contributed by atoms with van der Waals surface area (Å²) in [5, 5.41) is 2.95. The largest absolute Gasteiger partial charge is 0.352 e. The maximum atomic E-state index is 12.0. The second-order valence-corrected chi connectivity index (χ2v) is 8.33. The van der Waals surface area contributed by atoms with Gasteiger partial charge in [0, 0.05) is 12.3 Å². The summed E-state index contributed by atoms with van der Waals surface area (Å²) >= 11 is 0. The lowest BCUT2D eigenvalue weighted by molar-refractivity contribution is -0.123. The number of nitrogens with one attached hydrogen (secondary N) is 1. The van der Waals surface area contributed by atoms with Gasteiger partial charge in [-0.25, -0.2) is 8.42 Å². The zero-order valence-electron chi connectivity index (χ0n) is 12.6. The summed E-state index contributed by atoms with van der Waals surface area (Å²) < 4.78 is 22.2. The molecule has 5 nitrogen and oxygen atoms in total. The van der Waals surface area contributed by atoms with Crippen molar-refractivity contribution in [1.29, 1.82) is 0 Å². The van der Waals surface area contributed by atoms with Crippen molar-refractivity contribution in [1.82, 2.24) is 5.32 Å². The first-order valence-electron chi connectivity index (χ1n) is 7.53. The molecule has 1 aliphatic carbocycles. The summed E-state index contributed by atoms with van der Waals surface area (Å²) in [6.45, 7) is 2.02. The fourth-order valence-corrected chi connectivity index (χ4v) is 3.41. The number of nitrogens with two attached hydrogens (primary N) is 1. The molecule has 118 valence electrons. The van der Waals surface area contributed by atoms with Gasteiger partial charge in [-0.05, 0) is 32.1 Å². The van der Waals surface area contributed by atoms with E-state index in [1.165, 1.54) is 25.7 Å². The van der Waals surface area contributed by atoms with E-state index >= 15 is 0 Å². The van der Waals surface area contributed by atoms with Crippen molar-refractivity contribution in [3.63, 3.8) is 0 Å². The van der Waals surface area contributed by atoms with Crippen LogP contribution in [0.3, 0.4) is 0 Å². The van der Waals surface area contributed by atoms with Crippen molar-refractivity contribution in [3.8, 4) is 0 Å². The van der Waals surface area contributed by atoms with Crippen LogP contribution >= 0.6 is 0 Å².